The Morgan fingerprint density at radius 3 is 2.45 bits per heavy atom. The molecule has 9 nitrogen and oxygen atoms in total. The Labute approximate surface area is 195 Å². The van der Waals surface area contributed by atoms with Crippen molar-refractivity contribution < 1.29 is 4.92 Å². The van der Waals surface area contributed by atoms with Crippen LogP contribution in [0.25, 0.3) is 5.69 Å². The summed E-state index contributed by atoms with van der Waals surface area (Å²) in [6, 6.07) is 11.0. The van der Waals surface area contributed by atoms with Crippen LogP contribution in [-0.4, -0.2) is 43.4 Å². The molecule has 0 aliphatic carbocycles. The molecule has 0 fully saturated rings. The largest absolute Gasteiger partial charge is 0.298 e. The Balaban J connectivity index is 2.03. The van der Waals surface area contributed by atoms with Crippen LogP contribution in [-0.2, 0) is 6.54 Å². The Bertz CT molecular complexity index is 1300. The van der Waals surface area contributed by atoms with Gasteiger partial charge in [-0.2, -0.15) is 0 Å². The number of benzene rings is 2. The van der Waals surface area contributed by atoms with Crippen molar-refractivity contribution >= 4 is 23.0 Å². The van der Waals surface area contributed by atoms with Crippen molar-refractivity contribution in [2.45, 2.75) is 33.4 Å². The predicted molar refractivity (Wildman–Crippen MR) is 126 cm³/mol. The quantitative estimate of drug-likeness (QED) is 0.402. The first-order valence-electron chi connectivity index (χ1n) is 10.7. The fourth-order valence-electron chi connectivity index (χ4n) is 3.95. The molecule has 10 heteroatoms. The van der Waals surface area contributed by atoms with Crippen molar-refractivity contribution in [1.82, 2.24) is 19.7 Å². The third-order valence-electron chi connectivity index (χ3n) is 5.73. The molecule has 0 saturated carbocycles. The number of hydrogen-bond acceptors (Lipinski definition) is 7. The average Bonchev–Trinajstić information content (AvgIpc) is 2.94. The van der Waals surface area contributed by atoms with E-state index in [9.17, 15) is 14.9 Å². The SMILES string of the molecule is CCN(CC)Cc1nnc2n(c1=O)-c1cccc([N+](=O)[O-])c1C(c1ccc(Cl)cc1)=NC2C. The first-order chi connectivity index (χ1) is 15.8. The normalized spacial score (nSPS) is 14.9. The molecule has 1 aliphatic rings. The van der Waals surface area contributed by atoms with E-state index >= 15 is 0 Å². The van der Waals surface area contributed by atoms with Gasteiger partial charge in [0.2, 0.25) is 0 Å². The van der Waals surface area contributed by atoms with E-state index in [0.717, 1.165) is 13.1 Å². The van der Waals surface area contributed by atoms with Crippen LogP contribution >= 0.6 is 11.6 Å². The molecule has 0 spiro atoms. The van der Waals surface area contributed by atoms with E-state index in [2.05, 4.69) is 15.1 Å². The van der Waals surface area contributed by atoms with Gasteiger partial charge in [-0.1, -0.05) is 43.6 Å². The fraction of sp³-hybridized carbons (Fsp3) is 0.304. The summed E-state index contributed by atoms with van der Waals surface area (Å²) in [4.78, 5) is 32.0. The van der Waals surface area contributed by atoms with E-state index in [0.29, 0.717) is 34.4 Å². The lowest BCUT2D eigenvalue weighted by atomic mass is 9.98. The van der Waals surface area contributed by atoms with E-state index in [1.54, 1.807) is 43.3 Å². The monoisotopic (exact) mass is 466 g/mol. The van der Waals surface area contributed by atoms with Crippen LogP contribution in [0, 0.1) is 10.1 Å². The minimum Gasteiger partial charge on any atom is -0.298 e. The molecule has 0 amide bonds. The van der Waals surface area contributed by atoms with Crippen LogP contribution in [0.5, 0.6) is 0 Å². The number of halogens is 1. The van der Waals surface area contributed by atoms with Crippen LogP contribution < -0.4 is 5.56 Å². The van der Waals surface area contributed by atoms with Crippen LogP contribution in [0.15, 0.2) is 52.3 Å². The Kier molecular flexibility index (Phi) is 6.35. The van der Waals surface area contributed by atoms with Gasteiger partial charge in [0, 0.05) is 23.2 Å². The molecule has 1 aliphatic heterocycles. The van der Waals surface area contributed by atoms with E-state index in [1.807, 2.05) is 13.8 Å². The maximum atomic E-state index is 13.6. The number of fused-ring (bicyclic) bond motifs is 3. The molecule has 3 aromatic rings. The summed E-state index contributed by atoms with van der Waals surface area (Å²) in [5.74, 6) is 0.328. The smallest absolute Gasteiger partial charge is 0.281 e. The highest BCUT2D eigenvalue weighted by Crippen LogP contribution is 2.34. The molecule has 2 aromatic carbocycles. The third kappa shape index (κ3) is 4.17. The van der Waals surface area contributed by atoms with E-state index in [4.69, 9.17) is 16.6 Å². The van der Waals surface area contributed by atoms with E-state index < -0.39 is 11.0 Å². The van der Waals surface area contributed by atoms with Crippen molar-refractivity contribution in [3.63, 3.8) is 0 Å². The number of rotatable bonds is 6. The van der Waals surface area contributed by atoms with Gasteiger partial charge in [-0.05, 0) is 38.2 Å². The summed E-state index contributed by atoms with van der Waals surface area (Å²) >= 11 is 6.05. The molecule has 170 valence electrons. The molecule has 0 radical (unpaired) electrons. The average molecular weight is 467 g/mol. The van der Waals surface area contributed by atoms with Crippen molar-refractivity contribution in [2.24, 2.45) is 4.99 Å². The summed E-state index contributed by atoms with van der Waals surface area (Å²) in [6.07, 6.45) is 0. The molecule has 2 heterocycles. The predicted octanol–water partition coefficient (Wildman–Crippen LogP) is 3.94. The van der Waals surface area contributed by atoms with Gasteiger partial charge in [0.15, 0.2) is 5.82 Å². The second-order valence-electron chi connectivity index (χ2n) is 7.70. The zero-order valence-corrected chi connectivity index (χ0v) is 19.3. The molecule has 33 heavy (non-hydrogen) atoms. The summed E-state index contributed by atoms with van der Waals surface area (Å²) in [6.45, 7) is 7.64. The maximum absolute atomic E-state index is 13.6. The standard InChI is InChI=1S/C23H23ClN6O3/c1-4-28(5-2)13-17-23(31)29-18-7-6-8-19(30(32)33)20(18)21(15-9-11-16(24)12-10-15)25-14(3)22(29)27-26-17/h6-12,14H,4-5,13H2,1-3H3. The van der Waals surface area contributed by atoms with Gasteiger partial charge in [0.1, 0.15) is 17.3 Å². The van der Waals surface area contributed by atoms with Gasteiger partial charge in [-0.3, -0.25) is 29.4 Å². The lowest BCUT2D eigenvalue weighted by Gasteiger charge is -2.19. The first-order valence-corrected chi connectivity index (χ1v) is 11.1. The molecule has 1 unspecified atom stereocenters. The van der Waals surface area contributed by atoms with Crippen molar-refractivity contribution in [3.05, 3.63) is 90.6 Å². The van der Waals surface area contributed by atoms with Gasteiger partial charge in [-0.25, -0.2) is 0 Å². The topological polar surface area (TPSA) is 107 Å². The summed E-state index contributed by atoms with van der Waals surface area (Å²) in [7, 11) is 0. The molecule has 0 bridgehead atoms. The van der Waals surface area contributed by atoms with E-state index in [-0.39, 0.29) is 22.5 Å². The fourth-order valence-corrected chi connectivity index (χ4v) is 4.07. The van der Waals surface area contributed by atoms with Crippen molar-refractivity contribution in [2.75, 3.05) is 13.1 Å². The number of aliphatic imine (C=N–C) groups is 1. The highest BCUT2D eigenvalue weighted by molar-refractivity contribution is 6.30. The van der Waals surface area contributed by atoms with E-state index in [1.165, 1.54) is 10.6 Å². The highest BCUT2D eigenvalue weighted by Gasteiger charge is 2.31. The second-order valence-corrected chi connectivity index (χ2v) is 8.13. The zero-order chi connectivity index (χ0) is 23.7. The number of nitrogens with zero attached hydrogens (tertiary/aromatic N) is 6. The van der Waals surface area contributed by atoms with Crippen LogP contribution in [0.4, 0.5) is 5.69 Å². The zero-order valence-electron chi connectivity index (χ0n) is 18.5. The van der Waals surface area contributed by atoms with Crippen LogP contribution in [0.1, 0.15) is 49.5 Å². The minimum absolute atomic E-state index is 0.143. The van der Waals surface area contributed by atoms with Gasteiger partial charge in [0.05, 0.1) is 16.3 Å². The lowest BCUT2D eigenvalue weighted by Crippen LogP contribution is -2.33. The molecule has 0 saturated heterocycles. The van der Waals surface area contributed by atoms with Gasteiger partial charge in [0.25, 0.3) is 11.2 Å². The number of nitro benzene ring substituents is 1. The number of aromatic nitrogens is 3. The Morgan fingerprint density at radius 2 is 1.82 bits per heavy atom. The van der Waals surface area contributed by atoms with Crippen molar-refractivity contribution in [3.8, 4) is 5.69 Å². The third-order valence-corrected chi connectivity index (χ3v) is 5.98. The van der Waals surface area contributed by atoms with Gasteiger partial charge >= 0.3 is 0 Å². The number of nitro groups is 1. The Morgan fingerprint density at radius 1 is 1.12 bits per heavy atom. The molecular formula is C23H23ClN6O3. The van der Waals surface area contributed by atoms with Crippen LogP contribution in [0.2, 0.25) is 5.02 Å². The maximum Gasteiger partial charge on any atom is 0.281 e. The summed E-state index contributed by atoms with van der Waals surface area (Å²) in [5.41, 5.74) is 1.46. The summed E-state index contributed by atoms with van der Waals surface area (Å²) < 4.78 is 1.42. The number of hydrogen-bond donors (Lipinski definition) is 0. The van der Waals surface area contributed by atoms with Gasteiger partial charge in [-0.15, -0.1) is 10.2 Å². The first kappa shape index (κ1) is 22.8. The van der Waals surface area contributed by atoms with Crippen LogP contribution in [0.3, 0.4) is 0 Å². The minimum atomic E-state index is -0.564. The molecule has 1 aromatic heterocycles. The Hall–Kier alpha value is -3.43. The summed E-state index contributed by atoms with van der Waals surface area (Å²) in [5, 5.41) is 21.1. The van der Waals surface area contributed by atoms with Crippen molar-refractivity contribution in [1.29, 1.82) is 0 Å². The second kappa shape index (κ2) is 9.21. The lowest BCUT2D eigenvalue weighted by molar-refractivity contribution is -0.385. The van der Waals surface area contributed by atoms with Gasteiger partial charge < -0.3 is 0 Å². The molecule has 4 rings (SSSR count). The highest BCUT2D eigenvalue weighted by atomic mass is 35.5. The molecule has 1 atom stereocenters. The molecule has 0 N–H and O–H groups in total. The molecular weight excluding hydrogens is 444 g/mol.